The number of carbonyl (C=O) groups excluding carboxylic acids is 1. The Kier molecular flexibility index (Phi) is 3.69. The first kappa shape index (κ1) is 12.7. The molecule has 2 aromatic rings. The van der Waals surface area contributed by atoms with E-state index in [0.29, 0.717) is 11.3 Å². The molecule has 0 unspecified atom stereocenters. The lowest BCUT2D eigenvalue weighted by Crippen LogP contribution is -2.34. The van der Waals surface area contributed by atoms with Crippen LogP contribution in [0.1, 0.15) is 16.8 Å². The number of aromatic nitrogens is 4. The van der Waals surface area contributed by atoms with E-state index >= 15 is 0 Å². The van der Waals surface area contributed by atoms with Crippen LogP contribution in [0, 0.1) is 0 Å². The van der Waals surface area contributed by atoms with Crippen molar-refractivity contribution in [3.05, 3.63) is 36.2 Å². The van der Waals surface area contributed by atoms with Crippen molar-refractivity contribution in [3.8, 4) is 5.69 Å². The van der Waals surface area contributed by atoms with Gasteiger partial charge in [0.2, 0.25) is 0 Å². The van der Waals surface area contributed by atoms with Crippen molar-refractivity contribution in [1.82, 2.24) is 30.4 Å². The monoisotopic (exact) mass is 272 g/mol. The minimum Gasteiger partial charge on any atom is -0.337 e. The van der Waals surface area contributed by atoms with Gasteiger partial charge < -0.3 is 10.2 Å². The number of carbonyl (C=O) groups is 1. The zero-order chi connectivity index (χ0) is 13.8. The number of para-hydroxylation sites is 1. The lowest BCUT2D eigenvalue weighted by atomic mass is 10.1. The Hall–Kier alpha value is -2.28. The van der Waals surface area contributed by atoms with Gasteiger partial charge in [-0.1, -0.05) is 12.1 Å². The molecule has 3 rings (SSSR count). The minimum absolute atomic E-state index is 0.0276. The highest BCUT2D eigenvalue weighted by Gasteiger charge is 2.20. The molecule has 7 heteroatoms. The summed E-state index contributed by atoms with van der Waals surface area (Å²) in [5.41, 5.74) is 1.33. The molecule has 1 fully saturated rings. The van der Waals surface area contributed by atoms with Crippen LogP contribution >= 0.6 is 0 Å². The molecule has 0 bridgehead atoms. The molecule has 20 heavy (non-hydrogen) atoms. The van der Waals surface area contributed by atoms with Crippen molar-refractivity contribution in [3.63, 3.8) is 0 Å². The first-order valence-electron chi connectivity index (χ1n) is 6.68. The topological polar surface area (TPSA) is 75.9 Å². The fraction of sp³-hybridized carbons (Fsp3) is 0.385. The summed E-state index contributed by atoms with van der Waals surface area (Å²) in [7, 11) is 0. The van der Waals surface area contributed by atoms with Gasteiger partial charge in [0.25, 0.3) is 5.91 Å². The largest absolute Gasteiger partial charge is 0.337 e. The van der Waals surface area contributed by atoms with Gasteiger partial charge in [-0.05, 0) is 35.5 Å². The second-order valence-electron chi connectivity index (χ2n) is 4.67. The van der Waals surface area contributed by atoms with E-state index in [1.54, 1.807) is 0 Å². The maximum absolute atomic E-state index is 12.7. The third kappa shape index (κ3) is 2.53. The molecule has 1 aromatic carbocycles. The molecule has 1 aliphatic rings. The van der Waals surface area contributed by atoms with Crippen LogP contribution in [0.15, 0.2) is 30.6 Å². The molecule has 0 saturated carbocycles. The maximum Gasteiger partial charge on any atom is 0.256 e. The zero-order valence-corrected chi connectivity index (χ0v) is 11.1. The number of tetrazole rings is 1. The third-order valence-corrected chi connectivity index (χ3v) is 3.36. The molecule has 7 nitrogen and oxygen atoms in total. The highest BCUT2D eigenvalue weighted by molar-refractivity contribution is 5.97. The van der Waals surface area contributed by atoms with Crippen molar-refractivity contribution >= 4 is 5.91 Å². The Labute approximate surface area is 116 Å². The van der Waals surface area contributed by atoms with Gasteiger partial charge in [0.05, 0.1) is 11.3 Å². The summed E-state index contributed by atoms with van der Waals surface area (Å²) < 4.78 is 1.52. The number of benzene rings is 1. The normalized spacial score (nSPS) is 15.9. The molecule has 0 radical (unpaired) electrons. The van der Waals surface area contributed by atoms with Crippen LogP contribution in [-0.2, 0) is 0 Å². The number of hydrogen-bond acceptors (Lipinski definition) is 5. The average molecular weight is 272 g/mol. The van der Waals surface area contributed by atoms with Crippen molar-refractivity contribution in [2.24, 2.45) is 0 Å². The number of amides is 1. The van der Waals surface area contributed by atoms with Crippen LogP contribution in [0.25, 0.3) is 5.69 Å². The van der Waals surface area contributed by atoms with Crippen molar-refractivity contribution in [2.45, 2.75) is 6.42 Å². The lowest BCUT2D eigenvalue weighted by Gasteiger charge is -2.21. The molecule has 1 amide bonds. The van der Waals surface area contributed by atoms with Gasteiger partial charge in [-0.2, -0.15) is 4.68 Å². The molecule has 0 aliphatic carbocycles. The van der Waals surface area contributed by atoms with Gasteiger partial charge in [0.1, 0.15) is 6.33 Å². The first-order chi connectivity index (χ1) is 9.86. The summed E-state index contributed by atoms with van der Waals surface area (Å²) in [6.07, 6.45) is 2.47. The van der Waals surface area contributed by atoms with Gasteiger partial charge in [-0.25, -0.2) is 0 Å². The lowest BCUT2D eigenvalue weighted by molar-refractivity contribution is 0.0766. The second-order valence-corrected chi connectivity index (χ2v) is 4.67. The van der Waals surface area contributed by atoms with Crippen molar-refractivity contribution in [2.75, 3.05) is 26.2 Å². The Morgan fingerprint density at radius 3 is 2.95 bits per heavy atom. The fourth-order valence-corrected chi connectivity index (χ4v) is 2.35. The van der Waals surface area contributed by atoms with Gasteiger partial charge in [0, 0.05) is 19.6 Å². The van der Waals surface area contributed by atoms with Gasteiger partial charge >= 0.3 is 0 Å². The predicted octanol–water partition coefficient (Wildman–Crippen LogP) is 0.0978. The van der Waals surface area contributed by atoms with E-state index in [2.05, 4.69) is 20.8 Å². The van der Waals surface area contributed by atoms with E-state index in [0.717, 1.165) is 32.6 Å². The Morgan fingerprint density at radius 1 is 1.20 bits per heavy atom. The summed E-state index contributed by atoms with van der Waals surface area (Å²) in [4.78, 5) is 14.6. The van der Waals surface area contributed by atoms with Crippen LogP contribution in [0.5, 0.6) is 0 Å². The molecular weight excluding hydrogens is 256 g/mol. The highest BCUT2D eigenvalue weighted by Crippen LogP contribution is 2.15. The number of hydrogen-bond donors (Lipinski definition) is 1. The Morgan fingerprint density at radius 2 is 2.10 bits per heavy atom. The first-order valence-corrected chi connectivity index (χ1v) is 6.68. The van der Waals surface area contributed by atoms with E-state index in [4.69, 9.17) is 0 Å². The number of rotatable bonds is 2. The van der Waals surface area contributed by atoms with Gasteiger partial charge in [-0.15, -0.1) is 5.10 Å². The van der Waals surface area contributed by atoms with Crippen molar-refractivity contribution in [1.29, 1.82) is 0 Å². The van der Waals surface area contributed by atoms with Gasteiger partial charge in [0.15, 0.2) is 0 Å². The molecule has 0 atom stereocenters. The van der Waals surface area contributed by atoms with Gasteiger partial charge in [-0.3, -0.25) is 4.79 Å². The number of nitrogens with one attached hydrogen (secondary N) is 1. The molecule has 1 saturated heterocycles. The van der Waals surface area contributed by atoms with Crippen LogP contribution in [0.4, 0.5) is 0 Å². The van der Waals surface area contributed by atoms with Crippen LogP contribution < -0.4 is 5.32 Å². The van der Waals surface area contributed by atoms with E-state index in [1.807, 2.05) is 29.2 Å². The smallest absolute Gasteiger partial charge is 0.256 e. The van der Waals surface area contributed by atoms with E-state index in [9.17, 15) is 4.79 Å². The van der Waals surface area contributed by atoms with Crippen LogP contribution in [-0.4, -0.2) is 57.2 Å². The summed E-state index contributed by atoms with van der Waals surface area (Å²) in [5, 5.41) is 14.4. The molecular formula is C13H16N6O. The summed E-state index contributed by atoms with van der Waals surface area (Å²) in [5.74, 6) is 0.0276. The highest BCUT2D eigenvalue weighted by atomic mass is 16.2. The number of nitrogens with zero attached hydrogens (tertiary/aromatic N) is 5. The average Bonchev–Trinajstić information content (AvgIpc) is 2.89. The molecule has 1 aliphatic heterocycles. The summed E-state index contributed by atoms with van der Waals surface area (Å²) >= 11 is 0. The molecule has 1 N–H and O–H groups in total. The third-order valence-electron chi connectivity index (χ3n) is 3.36. The SMILES string of the molecule is O=C(c1ccccc1-n1cnnn1)N1CCCNCC1. The quantitative estimate of drug-likeness (QED) is 0.839. The Balaban J connectivity index is 1.91. The second kappa shape index (κ2) is 5.79. The summed E-state index contributed by atoms with van der Waals surface area (Å²) in [6, 6.07) is 7.40. The van der Waals surface area contributed by atoms with E-state index in [1.165, 1.54) is 11.0 Å². The maximum atomic E-state index is 12.7. The Bertz CT molecular complexity index is 574. The van der Waals surface area contributed by atoms with E-state index < -0.39 is 0 Å². The zero-order valence-electron chi connectivity index (χ0n) is 11.1. The molecule has 1 aromatic heterocycles. The molecule has 0 spiro atoms. The minimum atomic E-state index is 0.0276. The van der Waals surface area contributed by atoms with E-state index in [-0.39, 0.29) is 5.91 Å². The van der Waals surface area contributed by atoms with Crippen molar-refractivity contribution < 1.29 is 4.79 Å². The molecule has 2 heterocycles. The predicted molar refractivity (Wildman–Crippen MR) is 72.5 cm³/mol. The van der Waals surface area contributed by atoms with Crippen LogP contribution in [0.2, 0.25) is 0 Å². The fourth-order valence-electron chi connectivity index (χ4n) is 2.35. The standard InChI is InChI=1S/C13H16N6O/c20-13(18-8-3-6-14-7-9-18)11-4-1-2-5-12(11)19-10-15-16-17-19/h1-2,4-5,10,14H,3,6-9H2. The van der Waals surface area contributed by atoms with Crippen LogP contribution in [0.3, 0.4) is 0 Å². The summed E-state index contributed by atoms with van der Waals surface area (Å²) in [6.45, 7) is 3.29. The molecule has 104 valence electrons.